The molecule has 0 aliphatic rings. The van der Waals surface area contributed by atoms with Crippen molar-refractivity contribution in [3.63, 3.8) is 0 Å². The maximum Gasteiger partial charge on any atom is 0.323 e. The predicted molar refractivity (Wildman–Crippen MR) is 95.0 cm³/mol. The molecule has 5 nitrogen and oxygen atoms in total. The van der Waals surface area contributed by atoms with E-state index < -0.39 is 0 Å². The van der Waals surface area contributed by atoms with Gasteiger partial charge in [0.2, 0.25) is 0 Å². The van der Waals surface area contributed by atoms with Crippen LogP contribution in [0.15, 0.2) is 54.7 Å². The van der Waals surface area contributed by atoms with Crippen molar-refractivity contribution in [1.29, 1.82) is 0 Å². The number of rotatable bonds is 5. The molecule has 2 aromatic rings. The Balaban J connectivity index is 1.91. The third-order valence-electron chi connectivity index (χ3n) is 3.26. The SMILES string of the molecule is COc1ccccc1/C=C/NC(=O)Nc1ccc(N(C)C)cc1. The van der Waals surface area contributed by atoms with Crippen molar-refractivity contribution < 1.29 is 9.53 Å². The average molecular weight is 311 g/mol. The molecule has 2 amide bonds. The Hall–Kier alpha value is -2.95. The van der Waals surface area contributed by atoms with Crippen LogP contribution in [0.3, 0.4) is 0 Å². The number of methoxy groups -OCH3 is 1. The molecule has 2 N–H and O–H groups in total. The minimum atomic E-state index is -0.297. The molecule has 5 heteroatoms. The summed E-state index contributed by atoms with van der Waals surface area (Å²) in [6, 6.07) is 14.9. The van der Waals surface area contributed by atoms with Gasteiger partial charge >= 0.3 is 6.03 Å². The van der Waals surface area contributed by atoms with Crippen LogP contribution < -0.4 is 20.3 Å². The van der Waals surface area contributed by atoms with Gasteiger partial charge < -0.3 is 20.3 Å². The third-order valence-corrected chi connectivity index (χ3v) is 3.26. The van der Waals surface area contributed by atoms with Crippen molar-refractivity contribution in [2.24, 2.45) is 0 Å². The number of carbonyl (C=O) groups is 1. The van der Waals surface area contributed by atoms with Gasteiger partial charge in [-0.05, 0) is 36.4 Å². The average Bonchev–Trinajstić information content (AvgIpc) is 2.55. The van der Waals surface area contributed by atoms with Crippen molar-refractivity contribution in [1.82, 2.24) is 5.32 Å². The van der Waals surface area contributed by atoms with Crippen LogP contribution in [0, 0.1) is 0 Å². The lowest BCUT2D eigenvalue weighted by molar-refractivity contribution is 0.255. The van der Waals surface area contributed by atoms with E-state index in [1.54, 1.807) is 19.4 Å². The van der Waals surface area contributed by atoms with Gasteiger partial charge in [-0.15, -0.1) is 0 Å². The van der Waals surface area contributed by atoms with Gasteiger partial charge in [-0.1, -0.05) is 18.2 Å². The first-order valence-electron chi connectivity index (χ1n) is 7.24. The van der Waals surface area contributed by atoms with E-state index in [9.17, 15) is 4.79 Å². The molecule has 0 aliphatic heterocycles. The number of amides is 2. The molecule has 120 valence electrons. The van der Waals surface area contributed by atoms with Crippen LogP contribution in [-0.4, -0.2) is 27.2 Å². The zero-order valence-corrected chi connectivity index (χ0v) is 13.5. The van der Waals surface area contributed by atoms with Crippen LogP contribution >= 0.6 is 0 Å². The van der Waals surface area contributed by atoms with E-state index >= 15 is 0 Å². The monoisotopic (exact) mass is 311 g/mol. The molecule has 0 aromatic heterocycles. The summed E-state index contributed by atoms with van der Waals surface area (Å²) in [7, 11) is 5.56. The predicted octanol–water partition coefficient (Wildman–Crippen LogP) is 3.55. The van der Waals surface area contributed by atoms with Crippen LogP contribution in [-0.2, 0) is 0 Å². The minimum Gasteiger partial charge on any atom is -0.496 e. The first-order chi connectivity index (χ1) is 11.1. The topological polar surface area (TPSA) is 53.6 Å². The molecular formula is C18H21N3O2. The van der Waals surface area contributed by atoms with Crippen molar-refractivity contribution in [2.45, 2.75) is 0 Å². The van der Waals surface area contributed by atoms with E-state index in [1.807, 2.05) is 67.5 Å². The van der Waals surface area contributed by atoms with Crippen molar-refractivity contribution in [3.8, 4) is 5.75 Å². The van der Waals surface area contributed by atoms with Gasteiger partial charge in [0.15, 0.2) is 0 Å². The lowest BCUT2D eigenvalue weighted by Gasteiger charge is -2.12. The quantitative estimate of drug-likeness (QED) is 0.888. The number of anilines is 2. The minimum absolute atomic E-state index is 0.297. The van der Waals surface area contributed by atoms with E-state index in [1.165, 1.54) is 0 Å². The number of para-hydroxylation sites is 1. The van der Waals surface area contributed by atoms with E-state index in [0.29, 0.717) is 0 Å². The lowest BCUT2D eigenvalue weighted by Crippen LogP contribution is -2.23. The molecule has 0 atom stereocenters. The number of benzene rings is 2. The summed E-state index contributed by atoms with van der Waals surface area (Å²) >= 11 is 0. The second-order valence-electron chi connectivity index (χ2n) is 5.12. The second-order valence-corrected chi connectivity index (χ2v) is 5.12. The normalized spacial score (nSPS) is 10.4. The van der Waals surface area contributed by atoms with Gasteiger partial charge in [-0.25, -0.2) is 4.79 Å². The third kappa shape index (κ3) is 4.78. The number of urea groups is 1. The van der Waals surface area contributed by atoms with Crippen LogP contribution in [0.5, 0.6) is 5.75 Å². The Labute approximate surface area is 136 Å². The van der Waals surface area contributed by atoms with Gasteiger partial charge in [-0.3, -0.25) is 0 Å². The highest BCUT2D eigenvalue weighted by atomic mass is 16.5. The number of carbonyl (C=O) groups excluding carboxylic acids is 1. The fourth-order valence-corrected chi connectivity index (χ4v) is 2.02. The van der Waals surface area contributed by atoms with E-state index in [2.05, 4.69) is 10.6 Å². The maximum atomic E-state index is 11.9. The van der Waals surface area contributed by atoms with Crippen molar-refractivity contribution >= 4 is 23.5 Å². The number of ether oxygens (including phenoxy) is 1. The highest BCUT2D eigenvalue weighted by Gasteiger charge is 2.01. The summed E-state index contributed by atoms with van der Waals surface area (Å²) < 4.78 is 5.25. The molecule has 2 rings (SSSR count). The zero-order valence-electron chi connectivity index (χ0n) is 13.5. The molecule has 0 aliphatic carbocycles. The smallest absolute Gasteiger partial charge is 0.323 e. The summed E-state index contributed by atoms with van der Waals surface area (Å²) in [5.41, 5.74) is 2.71. The number of hydrogen-bond donors (Lipinski definition) is 2. The van der Waals surface area contributed by atoms with Crippen LogP contribution in [0.25, 0.3) is 6.08 Å². The zero-order chi connectivity index (χ0) is 16.7. The van der Waals surface area contributed by atoms with Gasteiger partial charge in [0, 0.05) is 37.2 Å². The number of hydrogen-bond acceptors (Lipinski definition) is 3. The summed E-state index contributed by atoms with van der Waals surface area (Å²) in [6.07, 6.45) is 3.37. The second kappa shape index (κ2) is 7.89. The van der Waals surface area contributed by atoms with Gasteiger partial charge in [0.1, 0.15) is 5.75 Å². The van der Waals surface area contributed by atoms with Gasteiger partial charge in [0.25, 0.3) is 0 Å². The van der Waals surface area contributed by atoms with Crippen molar-refractivity contribution in [3.05, 3.63) is 60.3 Å². The number of nitrogens with one attached hydrogen (secondary N) is 2. The molecule has 0 radical (unpaired) electrons. The Morgan fingerprint density at radius 3 is 2.43 bits per heavy atom. The molecule has 0 spiro atoms. The summed E-state index contributed by atoms with van der Waals surface area (Å²) in [6.45, 7) is 0. The largest absolute Gasteiger partial charge is 0.496 e. The standard InChI is InChI=1S/C18H21N3O2/c1-21(2)16-10-8-15(9-11-16)20-18(22)19-13-12-14-6-4-5-7-17(14)23-3/h4-13H,1-3H3,(H2,19,20,22)/b13-12+. The van der Waals surface area contributed by atoms with E-state index in [4.69, 9.17) is 4.74 Å². The van der Waals surface area contributed by atoms with Crippen molar-refractivity contribution in [2.75, 3.05) is 31.4 Å². The Morgan fingerprint density at radius 2 is 1.78 bits per heavy atom. The first kappa shape index (κ1) is 16.4. The van der Waals surface area contributed by atoms with Crippen LogP contribution in [0.2, 0.25) is 0 Å². The van der Waals surface area contributed by atoms with Gasteiger partial charge in [0.05, 0.1) is 7.11 Å². The molecule has 0 saturated heterocycles. The summed E-state index contributed by atoms with van der Waals surface area (Å²) in [4.78, 5) is 13.9. The van der Waals surface area contributed by atoms with Gasteiger partial charge in [-0.2, -0.15) is 0 Å². The fourth-order valence-electron chi connectivity index (χ4n) is 2.02. The number of nitrogens with zero attached hydrogens (tertiary/aromatic N) is 1. The molecule has 0 unspecified atom stereocenters. The molecule has 0 saturated carbocycles. The Kier molecular flexibility index (Phi) is 5.63. The Morgan fingerprint density at radius 1 is 1.09 bits per heavy atom. The molecule has 0 bridgehead atoms. The lowest BCUT2D eigenvalue weighted by atomic mass is 10.2. The van der Waals surface area contributed by atoms with Crippen LogP contribution in [0.4, 0.5) is 16.2 Å². The van der Waals surface area contributed by atoms with Crippen LogP contribution in [0.1, 0.15) is 5.56 Å². The first-order valence-corrected chi connectivity index (χ1v) is 7.24. The Bertz CT molecular complexity index is 679. The summed E-state index contributed by atoms with van der Waals surface area (Å²) in [5.74, 6) is 0.755. The highest BCUT2D eigenvalue weighted by Crippen LogP contribution is 2.18. The maximum absolute atomic E-state index is 11.9. The summed E-state index contributed by atoms with van der Waals surface area (Å²) in [5, 5.41) is 5.44. The van der Waals surface area contributed by atoms with E-state index in [-0.39, 0.29) is 6.03 Å². The molecule has 23 heavy (non-hydrogen) atoms. The molecule has 0 fully saturated rings. The molecule has 0 heterocycles. The fraction of sp³-hybridized carbons (Fsp3) is 0.167. The molecule has 2 aromatic carbocycles. The van der Waals surface area contributed by atoms with E-state index in [0.717, 1.165) is 22.7 Å². The molecular weight excluding hydrogens is 290 g/mol. The highest BCUT2D eigenvalue weighted by molar-refractivity contribution is 5.90.